The fourth-order valence-corrected chi connectivity index (χ4v) is 4.41. The predicted molar refractivity (Wildman–Crippen MR) is 149 cm³/mol. The normalized spacial score (nSPS) is 13.0. The molecule has 2 aromatic carbocycles. The van der Waals surface area contributed by atoms with Crippen LogP contribution in [0.5, 0.6) is 5.88 Å². The minimum absolute atomic E-state index is 0.0117. The summed E-state index contributed by atoms with van der Waals surface area (Å²) in [6, 6.07) is 13.6. The lowest BCUT2D eigenvalue weighted by molar-refractivity contribution is -0.138. The second kappa shape index (κ2) is 13.7. The zero-order chi connectivity index (χ0) is 29.4. The van der Waals surface area contributed by atoms with Gasteiger partial charge in [-0.05, 0) is 61.7 Å². The van der Waals surface area contributed by atoms with Crippen LogP contribution in [0.2, 0.25) is 5.02 Å². The van der Waals surface area contributed by atoms with Gasteiger partial charge in [-0.3, -0.25) is 9.59 Å². The smallest absolute Gasteiger partial charge is 0.416 e. The monoisotopic (exact) mass is 576 g/mol. The Labute approximate surface area is 236 Å². The highest BCUT2D eigenvalue weighted by molar-refractivity contribution is 6.33. The number of alkyl halides is 3. The third-order valence-corrected chi connectivity index (χ3v) is 7.05. The number of aromatic nitrogens is 1. The van der Waals surface area contributed by atoms with Crippen molar-refractivity contribution in [3.8, 4) is 17.0 Å². The number of anilines is 1. The minimum Gasteiger partial charge on any atom is -0.481 e. The molecule has 0 aliphatic rings. The molecule has 3 rings (SSSR count). The highest BCUT2D eigenvalue weighted by Crippen LogP contribution is 2.36. The quantitative estimate of drug-likeness (QED) is 0.200. The van der Waals surface area contributed by atoms with Crippen LogP contribution in [-0.2, 0) is 11.0 Å². The number of ether oxygens (including phenoxy) is 1. The van der Waals surface area contributed by atoms with E-state index in [9.17, 15) is 22.8 Å². The van der Waals surface area contributed by atoms with Gasteiger partial charge in [0.15, 0.2) is 5.78 Å². The fourth-order valence-electron chi connectivity index (χ4n) is 4.13. The van der Waals surface area contributed by atoms with Crippen LogP contribution in [0.3, 0.4) is 0 Å². The molecule has 3 aromatic rings. The molecule has 0 radical (unpaired) electrons. The Morgan fingerprint density at radius 2 is 1.73 bits per heavy atom. The Morgan fingerprint density at radius 1 is 1.05 bits per heavy atom. The SMILES string of the molecule is CC[C@H](C)[C@@H](COc1ccc(-c2ccc(C(F)(F)F)cc2Cl)c(C)n1)Nc1ccc(C(=O)CCCC(=O)O)cc1. The number of hydrogen-bond acceptors (Lipinski definition) is 5. The Kier molecular flexibility index (Phi) is 10.6. The number of benzene rings is 2. The van der Waals surface area contributed by atoms with E-state index in [1.54, 1.807) is 31.2 Å². The van der Waals surface area contributed by atoms with E-state index >= 15 is 0 Å². The number of aliphatic carboxylic acids is 1. The van der Waals surface area contributed by atoms with Crippen molar-refractivity contribution in [2.45, 2.75) is 58.7 Å². The zero-order valence-corrected chi connectivity index (χ0v) is 23.3. The van der Waals surface area contributed by atoms with Crippen LogP contribution in [0, 0.1) is 12.8 Å². The van der Waals surface area contributed by atoms with Crippen molar-refractivity contribution in [2.24, 2.45) is 5.92 Å². The molecule has 0 aliphatic carbocycles. The largest absolute Gasteiger partial charge is 0.481 e. The molecular weight excluding hydrogens is 545 g/mol. The third-order valence-electron chi connectivity index (χ3n) is 6.74. The summed E-state index contributed by atoms with van der Waals surface area (Å²) in [7, 11) is 0. The molecule has 2 N–H and O–H groups in total. The zero-order valence-electron chi connectivity index (χ0n) is 22.5. The van der Waals surface area contributed by atoms with Gasteiger partial charge < -0.3 is 15.2 Å². The van der Waals surface area contributed by atoms with E-state index in [4.69, 9.17) is 21.4 Å². The van der Waals surface area contributed by atoms with Crippen LogP contribution in [0.25, 0.3) is 11.1 Å². The molecule has 0 bridgehead atoms. The maximum atomic E-state index is 13.0. The number of nitrogens with one attached hydrogen (secondary N) is 1. The first-order valence-electron chi connectivity index (χ1n) is 13.0. The van der Waals surface area contributed by atoms with Gasteiger partial charge in [0, 0.05) is 52.0 Å². The number of Topliss-reactive ketones (excluding diaryl/α,β-unsaturated/α-hetero) is 1. The van der Waals surface area contributed by atoms with Crippen molar-refractivity contribution in [1.82, 2.24) is 4.98 Å². The molecule has 2 atom stereocenters. The Morgan fingerprint density at radius 3 is 2.30 bits per heavy atom. The summed E-state index contributed by atoms with van der Waals surface area (Å²) >= 11 is 6.17. The number of ketones is 1. The molecule has 0 saturated heterocycles. The molecule has 1 aromatic heterocycles. The van der Waals surface area contributed by atoms with Crippen molar-refractivity contribution in [1.29, 1.82) is 0 Å². The minimum atomic E-state index is -4.48. The number of rotatable bonds is 13. The second-order valence-corrected chi connectivity index (χ2v) is 10.1. The first-order chi connectivity index (χ1) is 18.9. The Balaban J connectivity index is 1.66. The first kappa shape index (κ1) is 30.9. The molecule has 0 amide bonds. The second-order valence-electron chi connectivity index (χ2n) is 9.67. The van der Waals surface area contributed by atoms with Crippen LogP contribution in [0.1, 0.15) is 61.1 Å². The standard InChI is InChI=1S/C30H32ClF3N2O4/c1-4-18(2)26(36-22-11-8-20(9-12-22)27(37)6-5-7-29(38)39)17-40-28-15-14-23(19(3)35-28)24-13-10-21(16-25(24)31)30(32,33)34/h8-16,18,26,36H,4-7,17H2,1-3H3,(H,38,39)/t18-,26+/m0/s1. The van der Waals surface area contributed by atoms with E-state index in [0.29, 0.717) is 41.3 Å². The number of carboxylic acids is 1. The van der Waals surface area contributed by atoms with E-state index in [0.717, 1.165) is 24.2 Å². The predicted octanol–water partition coefficient (Wildman–Crippen LogP) is 8.07. The summed E-state index contributed by atoms with van der Waals surface area (Å²) in [6.45, 7) is 6.21. The number of nitrogens with zero attached hydrogens (tertiary/aromatic N) is 1. The van der Waals surface area contributed by atoms with Gasteiger partial charge >= 0.3 is 12.1 Å². The molecule has 0 unspecified atom stereocenters. The molecule has 0 aliphatic heterocycles. The van der Waals surface area contributed by atoms with Gasteiger partial charge in [0.1, 0.15) is 6.61 Å². The number of halogens is 4. The topological polar surface area (TPSA) is 88.5 Å². The van der Waals surface area contributed by atoms with Crippen LogP contribution in [0.15, 0.2) is 54.6 Å². The van der Waals surface area contributed by atoms with E-state index in [1.165, 1.54) is 6.07 Å². The van der Waals surface area contributed by atoms with Gasteiger partial charge in [-0.1, -0.05) is 37.9 Å². The molecule has 0 fully saturated rings. The maximum Gasteiger partial charge on any atom is 0.416 e. The highest BCUT2D eigenvalue weighted by Gasteiger charge is 2.31. The van der Waals surface area contributed by atoms with Crippen molar-refractivity contribution in [2.75, 3.05) is 11.9 Å². The maximum absolute atomic E-state index is 13.0. The lowest BCUT2D eigenvalue weighted by Gasteiger charge is -2.25. The molecule has 6 nitrogen and oxygen atoms in total. The molecular formula is C30H32ClF3N2O4. The molecule has 10 heteroatoms. The Hall–Kier alpha value is -3.59. The van der Waals surface area contributed by atoms with Crippen molar-refractivity contribution in [3.05, 3.63) is 76.4 Å². The fraction of sp³-hybridized carbons (Fsp3) is 0.367. The van der Waals surface area contributed by atoms with Gasteiger partial charge in [-0.25, -0.2) is 4.98 Å². The summed E-state index contributed by atoms with van der Waals surface area (Å²) in [4.78, 5) is 27.4. The average molecular weight is 577 g/mol. The van der Waals surface area contributed by atoms with Gasteiger partial charge in [0.2, 0.25) is 5.88 Å². The van der Waals surface area contributed by atoms with Crippen molar-refractivity contribution < 1.29 is 32.6 Å². The van der Waals surface area contributed by atoms with Gasteiger partial charge in [-0.2, -0.15) is 13.2 Å². The lowest BCUT2D eigenvalue weighted by atomic mass is 9.99. The number of hydrogen-bond donors (Lipinski definition) is 2. The first-order valence-corrected chi connectivity index (χ1v) is 13.4. The van der Waals surface area contributed by atoms with E-state index in [1.807, 2.05) is 12.1 Å². The highest BCUT2D eigenvalue weighted by atomic mass is 35.5. The summed E-state index contributed by atoms with van der Waals surface area (Å²) in [5, 5.41) is 12.2. The van der Waals surface area contributed by atoms with Crippen LogP contribution in [-0.4, -0.2) is 34.5 Å². The van der Waals surface area contributed by atoms with Crippen molar-refractivity contribution in [3.63, 3.8) is 0 Å². The summed E-state index contributed by atoms with van der Waals surface area (Å²) < 4.78 is 45.0. The molecule has 214 valence electrons. The van der Waals surface area contributed by atoms with Crippen LogP contribution < -0.4 is 10.1 Å². The van der Waals surface area contributed by atoms with E-state index in [-0.39, 0.29) is 35.6 Å². The van der Waals surface area contributed by atoms with E-state index < -0.39 is 17.7 Å². The molecule has 1 heterocycles. The number of carbonyl (C=O) groups excluding carboxylic acids is 1. The lowest BCUT2D eigenvalue weighted by Crippen LogP contribution is -2.33. The molecule has 40 heavy (non-hydrogen) atoms. The van der Waals surface area contributed by atoms with Crippen LogP contribution in [0.4, 0.5) is 18.9 Å². The molecule has 0 saturated carbocycles. The number of aryl methyl sites for hydroxylation is 1. The number of carbonyl (C=O) groups is 2. The summed E-state index contributed by atoms with van der Waals surface area (Å²) in [6.07, 6.45) is -3.15. The average Bonchev–Trinajstić information content (AvgIpc) is 2.90. The molecule has 0 spiro atoms. The Bertz CT molecular complexity index is 1330. The third kappa shape index (κ3) is 8.45. The summed E-state index contributed by atoms with van der Waals surface area (Å²) in [5.74, 6) is -0.405. The number of carboxylic acid groups (broad SMARTS) is 1. The van der Waals surface area contributed by atoms with E-state index in [2.05, 4.69) is 24.1 Å². The van der Waals surface area contributed by atoms with Gasteiger partial charge in [-0.15, -0.1) is 0 Å². The number of pyridine rings is 1. The van der Waals surface area contributed by atoms with Gasteiger partial charge in [0.25, 0.3) is 0 Å². The van der Waals surface area contributed by atoms with Crippen molar-refractivity contribution >= 4 is 29.0 Å². The summed E-state index contributed by atoms with van der Waals surface area (Å²) in [5.41, 5.74) is 2.16. The van der Waals surface area contributed by atoms with Gasteiger partial charge in [0.05, 0.1) is 11.6 Å². The van der Waals surface area contributed by atoms with Crippen LogP contribution >= 0.6 is 11.6 Å².